The molecule has 0 bridgehead atoms. The molecule has 0 aromatic heterocycles. The zero-order valence-electron chi connectivity index (χ0n) is 10.0. The number of hydrogen-bond donors (Lipinski definition) is 4. The van der Waals surface area contributed by atoms with E-state index in [-0.39, 0.29) is 13.0 Å². The van der Waals surface area contributed by atoms with Crippen LogP contribution >= 0.6 is 0 Å². The molecular formula is C12H16N2O4. The molecule has 0 aliphatic heterocycles. The lowest BCUT2D eigenvalue weighted by molar-refractivity contribution is -0.118. The van der Waals surface area contributed by atoms with Gasteiger partial charge in [-0.15, -0.1) is 0 Å². The maximum atomic E-state index is 11.8. The average Bonchev–Trinajstić information content (AvgIpc) is 2.31. The molecule has 0 radical (unpaired) electrons. The summed E-state index contributed by atoms with van der Waals surface area (Å²) < 4.78 is 0. The van der Waals surface area contributed by atoms with E-state index in [0.29, 0.717) is 5.69 Å². The van der Waals surface area contributed by atoms with Crippen LogP contribution in [0.2, 0.25) is 0 Å². The van der Waals surface area contributed by atoms with Crippen molar-refractivity contribution in [2.45, 2.75) is 19.4 Å². The van der Waals surface area contributed by atoms with Crippen molar-refractivity contribution in [2.24, 2.45) is 0 Å². The van der Waals surface area contributed by atoms with Gasteiger partial charge in [-0.25, -0.2) is 4.79 Å². The van der Waals surface area contributed by atoms with Crippen LogP contribution in [-0.4, -0.2) is 34.9 Å². The van der Waals surface area contributed by atoms with E-state index in [1.54, 1.807) is 12.1 Å². The van der Waals surface area contributed by atoms with Crippen molar-refractivity contribution in [1.82, 2.24) is 5.32 Å². The van der Waals surface area contributed by atoms with Crippen molar-refractivity contribution < 1.29 is 19.8 Å². The Morgan fingerprint density at radius 3 is 2.39 bits per heavy atom. The van der Waals surface area contributed by atoms with Gasteiger partial charge < -0.3 is 20.8 Å². The highest BCUT2D eigenvalue weighted by atomic mass is 16.4. The molecule has 98 valence electrons. The van der Waals surface area contributed by atoms with Gasteiger partial charge in [0.2, 0.25) is 5.91 Å². The fraction of sp³-hybridized carbons (Fsp3) is 0.333. The number of aryl methyl sites for hydroxylation is 1. The summed E-state index contributed by atoms with van der Waals surface area (Å²) in [6, 6.07) is 6.16. The molecule has 0 saturated heterocycles. The monoisotopic (exact) mass is 252 g/mol. The molecule has 0 aliphatic rings. The summed E-state index contributed by atoms with van der Waals surface area (Å²) >= 11 is 0. The Kier molecular flexibility index (Phi) is 5.13. The number of carbonyl (C=O) groups is 2. The highest BCUT2D eigenvalue weighted by molar-refractivity contribution is 5.96. The molecule has 18 heavy (non-hydrogen) atoms. The van der Waals surface area contributed by atoms with Gasteiger partial charge >= 0.3 is 6.09 Å². The minimum absolute atomic E-state index is 0.0317. The predicted molar refractivity (Wildman–Crippen MR) is 66.5 cm³/mol. The maximum absolute atomic E-state index is 11.8. The number of aliphatic hydroxyl groups excluding tert-OH is 1. The van der Waals surface area contributed by atoms with Gasteiger partial charge in [0.15, 0.2) is 0 Å². The molecule has 1 rings (SSSR count). The van der Waals surface area contributed by atoms with Gasteiger partial charge in [-0.3, -0.25) is 4.79 Å². The Hall–Kier alpha value is -2.08. The largest absolute Gasteiger partial charge is 0.465 e. The second kappa shape index (κ2) is 6.61. The standard InChI is InChI=1S/C12H16N2O4/c1-8-2-4-9(5-3-8)13-11(16)10(6-7-15)14-12(17)18/h2-5,10,14-15H,6-7H2,1H3,(H,13,16)(H,17,18)/t10-/m0/s1. The molecule has 0 unspecified atom stereocenters. The average molecular weight is 252 g/mol. The first-order chi connectivity index (χ1) is 8.52. The minimum atomic E-state index is -1.30. The molecule has 0 spiro atoms. The second-order valence-electron chi connectivity index (χ2n) is 3.87. The predicted octanol–water partition coefficient (Wildman–Crippen LogP) is 0.952. The number of hydrogen-bond acceptors (Lipinski definition) is 3. The van der Waals surface area contributed by atoms with Crippen LogP contribution < -0.4 is 10.6 Å². The molecule has 4 N–H and O–H groups in total. The zero-order valence-corrected chi connectivity index (χ0v) is 10.0. The molecule has 0 fully saturated rings. The topological polar surface area (TPSA) is 98.7 Å². The third-order valence-electron chi connectivity index (χ3n) is 2.35. The fourth-order valence-electron chi connectivity index (χ4n) is 1.41. The Morgan fingerprint density at radius 2 is 1.89 bits per heavy atom. The van der Waals surface area contributed by atoms with E-state index < -0.39 is 18.0 Å². The van der Waals surface area contributed by atoms with Crippen LogP contribution in [-0.2, 0) is 4.79 Å². The van der Waals surface area contributed by atoms with Gasteiger partial charge in [0.25, 0.3) is 0 Å². The summed E-state index contributed by atoms with van der Waals surface area (Å²) in [6.45, 7) is 1.65. The highest BCUT2D eigenvalue weighted by Crippen LogP contribution is 2.09. The molecule has 6 heteroatoms. The Labute approximate surface area is 105 Å². The molecule has 2 amide bonds. The van der Waals surface area contributed by atoms with Crippen molar-refractivity contribution >= 4 is 17.7 Å². The fourth-order valence-corrected chi connectivity index (χ4v) is 1.41. The van der Waals surface area contributed by atoms with Crippen LogP contribution in [0.4, 0.5) is 10.5 Å². The van der Waals surface area contributed by atoms with Crippen molar-refractivity contribution in [3.63, 3.8) is 0 Å². The van der Waals surface area contributed by atoms with Crippen molar-refractivity contribution in [2.75, 3.05) is 11.9 Å². The number of nitrogens with one attached hydrogen (secondary N) is 2. The molecule has 0 aliphatic carbocycles. The van der Waals surface area contributed by atoms with Gasteiger partial charge in [-0.05, 0) is 25.5 Å². The van der Waals surface area contributed by atoms with Gasteiger partial charge in [0.1, 0.15) is 6.04 Å². The third kappa shape index (κ3) is 4.42. The minimum Gasteiger partial charge on any atom is -0.465 e. The summed E-state index contributed by atoms with van der Waals surface area (Å²) in [7, 11) is 0. The number of rotatable bonds is 5. The van der Waals surface area contributed by atoms with E-state index in [1.165, 1.54) is 0 Å². The van der Waals surface area contributed by atoms with Crippen LogP contribution in [0.3, 0.4) is 0 Å². The molecule has 1 aromatic carbocycles. The second-order valence-corrected chi connectivity index (χ2v) is 3.87. The van der Waals surface area contributed by atoms with Gasteiger partial charge in [0.05, 0.1) is 0 Å². The van der Waals surface area contributed by atoms with Gasteiger partial charge in [-0.2, -0.15) is 0 Å². The van der Waals surface area contributed by atoms with Crippen molar-refractivity contribution in [3.05, 3.63) is 29.8 Å². The summed E-state index contributed by atoms with van der Waals surface area (Å²) in [5.41, 5.74) is 1.64. The van der Waals surface area contributed by atoms with E-state index in [4.69, 9.17) is 10.2 Å². The third-order valence-corrected chi connectivity index (χ3v) is 2.35. The first-order valence-corrected chi connectivity index (χ1v) is 5.51. The van der Waals surface area contributed by atoms with E-state index >= 15 is 0 Å². The number of aliphatic hydroxyl groups is 1. The normalized spacial score (nSPS) is 11.7. The molecular weight excluding hydrogens is 236 g/mol. The van der Waals surface area contributed by atoms with Crippen LogP contribution in [0, 0.1) is 6.92 Å². The summed E-state index contributed by atoms with van der Waals surface area (Å²) in [5, 5.41) is 22.0. The molecule has 0 saturated carbocycles. The highest BCUT2D eigenvalue weighted by Gasteiger charge is 2.19. The molecule has 0 heterocycles. The molecule has 1 atom stereocenters. The Balaban J connectivity index is 2.65. The van der Waals surface area contributed by atoms with Gasteiger partial charge in [0, 0.05) is 12.3 Å². The van der Waals surface area contributed by atoms with Crippen LogP contribution in [0.1, 0.15) is 12.0 Å². The van der Waals surface area contributed by atoms with Crippen LogP contribution in [0.15, 0.2) is 24.3 Å². The van der Waals surface area contributed by atoms with E-state index in [0.717, 1.165) is 5.56 Å². The van der Waals surface area contributed by atoms with E-state index in [2.05, 4.69) is 10.6 Å². The van der Waals surface area contributed by atoms with Crippen molar-refractivity contribution in [1.29, 1.82) is 0 Å². The number of amides is 2. The van der Waals surface area contributed by atoms with E-state index in [9.17, 15) is 9.59 Å². The lowest BCUT2D eigenvalue weighted by atomic mass is 10.2. The quantitative estimate of drug-likeness (QED) is 0.627. The van der Waals surface area contributed by atoms with Gasteiger partial charge in [-0.1, -0.05) is 17.7 Å². The number of anilines is 1. The summed E-state index contributed by atoms with van der Waals surface area (Å²) in [5.74, 6) is -0.490. The number of carbonyl (C=O) groups excluding carboxylic acids is 1. The van der Waals surface area contributed by atoms with Crippen LogP contribution in [0.5, 0.6) is 0 Å². The Bertz CT molecular complexity index is 417. The smallest absolute Gasteiger partial charge is 0.405 e. The lowest BCUT2D eigenvalue weighted by Gasteiger charge is -2.15. The first-order valence-electron chi connectivity index (χ1n) is 5.51. The lowest BCUT2D eigenvalue weighted by Crippen LogP contribution is -2.43. The Morgan fingerprint density at radius 1 is 1.28 bits per heavy atom. The van der Waals surface area contributed by atoms with Crippen LogP contribution in [0.25, 0.3) is 0 Å². The summed E-state index contributed by atoms with van der Waals surface area (Å²) in [4.78, 5) is 22.3. The molecule has 6 nitrogen and oxygen atoms in total. The SMILES string of the molecule is Cc1ccc(NC(=O)[C@H](CCO)NC(=O)O)cc1. The first kappa shape index (κ1) is 14.0. The van der Waals surface area contributed by atoms with Crippen molar-refractivity contribution in [3.8, 4) is 0 Å². The molecule has 1 aromatic rings. The summed E-state index contributed by atoms with van der Waals surface area (Å²) in [6.07, 6.45) is -1.27. The number of carboxylic acid groups (broad SMARTS) is 1. The maximum Gasteiger partial charge on any atom is 0.405 e. The zero-order chi connectivity index (χ0) is 13.5. The number of benzene rings is 1. The van der Waals surface area contributed by atoms with E-state index in [1.807, 2.05) is 19.1 Å².